The van der Waals surface area contributed by atoms with Crippen LogP contribution in [-0.4, -0.2) is 22.6 Å². The van der Waals surface area contributed by atoms with Crippen LogP contribution < -0.4 is 5.46 Å². The van der Waals surface area contributed by atoms with E-state index in [1.165, 1.54) is 12.3 Å². The van der Waals surface area contributed by atoms with Crippen LogP contribution in [0.5, 0.6) is 0 Å². The zero-order valence-corrected chi connectivity index (χ0v) is 6.78. The Morgan fingerprint density at radius 2 is 2.07 bits per heavy atom. The molecule has 2 aromatic rings. The van der Waals surface area contributed by atoms with Crippen molar-refractivity contribution in [3.8, 4) is 0 Å². The molecule has 0 N–H and O–H groups in total. The largest absolute Gasteiger partial charge is 0.504 e. The van der Waals surface area contributed by atoms with Gasteiger partial charge in [-0.15, -0.1) is 18.3 Å². The lowest BCUT2D eigenvalue weighted by Gasteiger charge is -2.03. The number of halogens is 3. The fourth-order valence-corrected chi connectivity index (χ4v) is 1.06. The van der Waals surface area contributed by atoms with Gasteiger partial charge >= 0.3 is 6.30 Å². The van der Waals surface area contributed by atoms with Crippen molar-refractivity contribution < 1.29 is 13.2 Å². The second-order valence-corrected chi connectivity index (χ2v) is 2.72. The fourth-order valence-electron chi connectivity index (χ4n) is 1.06. The highest BCUT2D eigenvalue weighted by molar-refractivity contribution is 6.32. The summed E-state index contributed by atoms with van der Waals surface area (Å²) in [5.41, 5.74) is 0.329. The molecule has 0 aliphatic rings. The number of hydrogen-bond acceptors (Lipinski definition) is 2. The maximum absolute atomic E-state index is 12.2. The molecule has 2 rings (SSSR count). The summed E-state index contributed by atoms with van der Waals surface area (Å²) in [4.78, 5) is 3.66. The van der Waals surface area contributed by atoms with E-state index in [2.05, 4.69) is 10.1 Å². The molecule has 0 bridgehead atoms. The highest BCUT2D eigenvalue weighted by atomic mass is 19.4. The summed E-state index contributed by atoms with van der Waals surface area (Å²) in [5.74, 6) is 0. The summed E-state index contributed by atoms with van der Waals surface area (Å²) in [6.07, 6.45) is -2.41. The molecule has 0 fully saturated rings. The quantitative estimate of drug-likeness (QED) is 0.582. The summed E-state index contributed by atoms with van der Waals surface area (Å²) in [7, 11) is 5.36. The Kier molecular flexibility index (Phi) is 1.76. The van der Waals surface area contributed by atoms with Gasteiger partial charge < -0.3 is 0 Å². The Bertz CT molecular complexity index is 476. The number of alkyl halides is 3. The maximum Gasteiger partial charge on any atom is 0.504 e. The SMILES string of the molecule is [B]c1cnc2nn(C(F)(F)F)cc2c1. The van der Waals surface area contributed by atoms with Gasteiger partial charge in [-0.2, -0.15) is 4.68 Å². The third-order valence-electron chi connectivity index (χ3n) is 1.64. The van der Waals surface area contributed by atoms with Gasteiger partial charge in [0.05, 0.1) is 0 Å². The first-order valence-corrected chi connectivity index (χ1v) is 3.65. The minimum Gasteiger partial charge on any atom is -0.236 e. The number of aromatic nitrogens is 3. The molecule has 70 valence electrons. The first-order valence-electron chi connectivity index (χ1n) is 3.65. The monoisotopic (exact) mass is 197 g/mol. The van der Waals surface area contributed by atoms with Crippen LogP contribution in [0.15, 0.2) is 18.5 Å². The first kappa shape index (κ1) is 9.05. The van der Waals surface area contributed by atoms with Crippen molar-refractivity contribution in [2.75, 3.05) is 0 Å². The van der Waals surface area contributed by atoms with E-state index in [9.17, 15) is 13.2 Å². The standard InChI is InChI=1S/C7H3BF3N3/c8-5-1-4-3-14(7(9,10)11)13-6(4)12-2-5/h1-3H. The van der Waals surface area contributed by atoms with Crippen LogP contribution >= 0.6 is 0 Å². The molecule has 14 heavy (non-hydrogen) atoms. The van der Waals surface area contributed by atoms with Crippen molar-refractivity contribution in [1.29, 1.82) is 0 Å². The molecule has 2 aromatic heterocycles. The van der Waals surface area contributed by atoms with Crippen LogP contribution in [0.4, 0.5) is 13.2 Å². The third kappa shape index (κ3) is 1.45. The van der Waals surface area contributed by atoms with Gasteiger partial charge in [0, 0.05) is 17.8 Å². The molecule has 0 saturated carbocycles. The lowest BCUT2D eigenvalue weighted by Crippen LogP contribution is -2.16. The van der Waals surface area contributed by atoms with Gasteiger partial charge in [-0.3, -0.25) is 0 Å². The van der Waals surface area contributed by atoms with Gasteiger partial charge in [-0.1, -0.05) is 11.5 Å². The molecule has 0 aliphatic heterocycles. The molecular weight excluding hydrogens is 194 g/mol. The summed E-state index contributed by atoms with van der Waals surface area (Å²) >= 11 is 0. The molecule has 3 nitrogen and oxygen atoms in total. The van der Waals surface area contributed by atoms with Gasteiger partial charge in [-0.25, -0.2) is 4.98 Å². The fraction of sp³-hybridized carbons (Fsp3) is 0.143. The van der Waals surface area contributed by atoms with Crippen LogP contribution in [0.25, 0.3) is 11.0 Å². The highest BCUT2D eigenvalue weighted by Gasteiger charge is 2.31. The predicted octanol–water partition coefficient (Wildman–Crippen LogP) is 0.701. The van der Waals surface area contributed by atoms with E-state index < -0.39 is 6.30 Å². The minimum atomic E-state index is -4.52. The van der Waals surface area contributed by atoms with E-state index in [4.69, 9.17) is 7.85 Å². The number of pyridine rings is 1. The van der Waals surface area contributed by atoms with Crippen LogP contribution in [0, 0.1) is 0 Å². The second-order valence-electron chi connectivity index (χ2n) is 2.72. The van der Waals surface area contributed by atoms with Crippen LogP contribution in [0.1, 0.15) is 0 Å². The summed E-state index contributed by atoms with van der Waals surface area (Å²) in [6, 6.07) is 1.39. The van der Waals surface area contributed by atoms with E-state index in [1.54, 1.807) is 0 Å². The predicted molar refractivity (Wildman–Crippen MR) is 44.2 cm³/mol. The van der Waals surface area contributed by atoms with E-state index >= 15 is 0 Å². The lowest BCUT2D eigenvalue weighted by atomic mass is 9.98. The molecule has 0 unspecified atom stereocenters. The zero-order valence-electron chi connectivity index (χ0n) is 6.78. The Morgan fingerprint density at radius 1 is 1.36 bits per heavy atom. The van der Waals surface area contributed by atoms with E-state index in [0.29, 0.717) is 5.46 Å². The summed E-state index contributed by atoms with van der Waals surface area (Å²) in [5, 5.41) is 3.52. The molecular formula is C7H3BF3N3. The van der Waals surface area contributed by atoms with E-state index in [-0.39, 0.29) is 15.7 Å². The zero-order chi connectivity index (χ0) is 10.3. The van der Waals surface area contributed by atoms with Gasteiger partial charge in [0.15, 0.2) is 5.65 Å². The second kappa shape index (κ2) is 2.73. The van der Waals surface area contributed by atoms with Crippen molar-refractivity contribution in [3.63, 3.8) is 0 Å². The number of rotatable bonds is 0. The third-order valence-corrected chi connectivity index (χ3v) is 1.64. The molecule has 2 radical (unpaired) electrons. The summed E-state index contributed by atoms with van der Waals surface area (Å²) in [6.45, 7) is 0. The molecule has 0 aliphatic carbocycles. The molecule has 0 spiro atoms. The Morgan fingerprint density at radius 3 is 2.71 bits per heavy atom. The van der Waals surface area contributed by atoms with Crippen molar-refractivity contribution >= 4 is 24.3 Å². The average molecular weight is 197 g/mol. The van der Waals surface area contributed by atoms with Gasteiger partial charge in [-0.05, 0) is 0 Å². The van der Waals surface area contributed by atoms with Crippen molar-refractivity contribution in [2.24, 2.45) is 0 Å². The number of hydrogen-bond donors (Lipinski definition) is 0. The minimum absolute atomic E-state index is 0.0246. The van der Waals surface area contributed by atoms with E-state index in [0.717, 1.165) is 6.20 Å². The van der Waals surface area contributed by atoms with Crippen LogP contribution in [0.3, 0.4) is 0 Å². The lowest BCUT2D eigenvalue weighted by molar-refractivity contribution is -0.211. The van der Waals surface area contributed by atoms with Crippen LogP contribution in [-0.2, 0) is 6.30 Å². The van der Waals surface area contributed by atoms with Crippen molar-refractivity contribution in [2.45, 2.75) is 6.30 Å². The van der Waals surface area contributed by atoms with E-state index in [1.807, 2.05) is 0 Å². The molecule has 0 aromatic carbocycles. The van der Waals surface area contributed by atoms with Crippen molar-refractivity contribution in [1.82, 2.24) is 14.8 Å². The number of fused-ring (bicyclic) bond motifs is 1. The average Bonchev–Trinajstić information content (AvgIpc) is 2.45. The Balaban J connectivity index is 2.63. The molecule has 7 heteroatoms. The van der Waals surface area contributed by atoms with Gasteiger partial charge in [0.1, 0.15) is 7.85 Å². The molecule has 0 atom stereocenters. The van der Waals surface area contributed by atoms with Gasteiger partial charge in [0.25, 0.3) is 0 Å². The van der Waals surface area contributed by atoms with Crippen molar-refractivity contribution in [3.05, 3.63) is 18.5 Å². The Labute approximate surface area is 78.0 Å². The van der Waals surface area contributed by atoms with Crippen LogP contribution in [0.2, 0.25) is 0 Å². The molecule has 0 saturated heterocycles. The molecule has 0 amide bonds. The number of nitrogens with zero attached hydrogens (tertiary/aromatic N) is 3. The topological polar surface area (TPSA) is 30.7 Å². The normalized spacial score (nSPS) is 12.2. The first-order chi connectivity index (χ1) is 6.47. The molecule has 2 heterocycles. The smallest absolute Gasteiger partial charge is 0.236 e. The Hall–Kier alpha value is -1.53. The summed E-state index contributed by atoms with van der Waals surface area (Å²) < 4.78 is 36.4. The maximum atomic E-state index is 12.2. The van der Waals surface area contributed by atoms with Gasteiger partial charge in [0.2, 0.25) is 0 Å². The highest BCUT2D eigenvalue weighted by Crippen LogP contribution is 2.22.